The summed E-state index contributed by atoms with van der Waals surface area (Å²) in [4.78, 5) is 0. The van der Waals surface area contributed by atoms with Gasteiger partial charge < -0.3 is 0 Å². The van der Waals surface area contributed by atoms with E-state index in [-0.39, 0.29) is 0 Å². The van der Waals surface area contributed by atoms with Crippen LogP contribution in [0.1, 0.15) is 0 Å². The molecular weight excluding hydrogens is 2570 g/mol. The van der Waals surface area contributed by atoms with Gasteiger partial charge in [0, 0.05) is 0 Å². The second-order valence-electron chi connectivity index (χ2n) is 8.38. The van der Waals surface area contributed by atoms with E-state index in [2.05, 4.69) is 462 Å². The summed E-state index contributed by atoms with van der Waals surface area (Å²) in [6, 6.07) is 0. The van der Waals surface area contributed by atoms with Gasteiger partial charge in [-0.15, -0.1) is 0 Å². The molecule has 284 valence electrons. The number of rotatable bonds is 13. The maximum atomic E-state index is 12.5. The number of hydrogen-bond donors (Lipinski definition) is 1. The highest BCUT2D eigenvalue weighted by atomic mass is 80.0. The summed E-state index contributed by atoms with van der Waals surface area (Å²) in [5.74, 6) is 0. The van der Waals surface area contributed by atoms with Crippen molar-refractivity contribution >= 4 is 472 Å². The smallest absolute Gasteiger partial charge is 0.284 e. The van der Waals surface area contributed by atoms with Crippen LogP contribution in [0.25, 0.3) is 0 Å². The van der Waals surface area contributed by atoms with Crippen molar-refractivity contribution in [2.75, 3.05) is 0 Å². The van der Waals surface area contributed by atoms with Gasteiger partial charge in [-0.1, -0.05) is 430 Å². The minimum Gasteiger partial charge on any atom is -0.284 e. The average Bonchev–Trinajstić information content (AvgIpc) is 2.80. The maximum absolute atomic E-state index is 12.5. The minimum atomic E-state index is -4.82. The van der Waals surface area contributed by atoms with Gasteiger partial charge in [-0.3, -0.25) is 4.55 Å². The molecular formula is C14HBr29O3S. The summed E-state index contributed by atoms with van der Waals surface area (Å²) in [5.41, 5.74) is 0. The quantitative estimate of drug-likeness (QED) is 0.148. The SMILES string of the molecule is O=S(=O)(O)C(Br)(Br)C(Br)(Br)C(Br)(Br)C(Br)(Br)C(Br)(Br)C(Br)(Br)C(Br)(Br)C(Br)(Br)C(Br)(Br)C(Br)(Br)C(Br)(Br)C(Br)(Br)C(Br)(Br)C(Br)(Br)Br. The Balaban J connectivity index is 7.65. The van der Waals surface area contributed by atoms with Crippen molar-refractivity contribution < 1.29 is 13.0 Å². The summed E-state index contributed by atoms with van der Waals surface area (Å²) in [5, 5.41) is 0. The van der Waals surface area contributed by atoms with Crippen molar-refractivity contribution in [1.29, 1.82) is 0 Å². The van der Waals surface area contributed by atoms with Crippen LogP contribution >= 0.6 is 462 Å². The van der Waals surface area contributed by atoms with Crippen LogP contribution in [0.3, 0.4) is 0 Å². The summed E-state index contributed by atoms with van der Waals surface area (Å²) in [6.07, 6.45) is 0. The second-order valence-corrected chi connectivity index (χ2v) is 62.5. The molecule has 0 amide bonds. The monoisotopic (exact) mass is 2540 g/mol. The van der Waals surface area contributed by atoms with E-state index < -0.39 is 53.6 Å². The number of halogens is 29. The van der Waals surface area contributed by atoms with Crippen molar-refractivity contribution in [3.63, 3.8) is 0 Å². The van der Waals surface area contributed by atoms with E-state index >= 15 is 0 Å². The normalized spacial score (nSPS) is 17.3. The molecule has 0 rings (SSSR count). The molecule has 0 aliphatic rings. The highest BCUT2D eigenvalue weighted by molar-refractivity contribution is 9.42. The van der Waals surface area contributed by atoms with Crippen LogP contribution in [-0.2, 0) is 10.1 Å². The Hall–Kier alpha value is 13.8. The van der Waals surface area contributed by atoms with E-state index in [1.54, 1.807) is 0 Å². The topological polar surface area (TPSA) is 54.4 Å². The fraction of sp³-hybridized carbons (Fsp3) is 1.00. The van der Waals surface area contributed by atoms with Crippen molar-refractivity contribution in [1.82, 2.24) is 0 Å². The lowest BCUT2D eigenvalue weighted by atomic mass is 10.0. The number of alkyl halides is 29. The third-order valence-electron chi connectivity index (χ3n) is 5.38. The van der Waals surface area contributed by atoms with E-state index in [1.165, 1.54) is 0 Å². The second kappa shape index (κ2) is 19.2. The predicted molar refractivity (Wildman–Crippen MR) is 309 cm³/mol. The molecule has 0 atom stereocenters. The van der Waals surface area contributed by atoms with Gasteiger partial charge in [-0.25, -0.2) is 0 Å². The van der Waals surface area contributed by atoms with Gasteiger partial charge in [0.1, 0.15) is 38.8 Å². The fourth-order valence-electron chi connectivity index (χ4n) is 2.49. The molecule has 0 aromatic heterocycles. The van der Waals surface area contributed by atoms with Crippen LogP contribution in [0.2, 0.25) is 0 Å². The van der Waals surface area contributed by atoms with Gasteiger partial charge in [0.05, 0.1) is 0 Å². The molecule has 0 aliphatic heterocycles. The van der Waals surface area contributed by atoms with Crippen molar-refractivity contribution in [3.8, 4) is 0 Å². The van der Waals surface area contributed by atoms with Crippen molar-refractivity contribution in [2.24, 2.45) is 0 Å². The van der Waals surface area contributed by atoms with Gasteiger partial charge in [0.15, 0.2) is 2.14 Å². The fourth-order valence-corrected chi connectivity index (χ4v) is 32.3. The Bertz CT molecular complexity index is 1290. The van der Waals surface area contributed by atoms with E-state index in [0.717, 1.165) is 0 Å². The standard InChI is InChI=1S/C14HBr29O3S/c15-1(16,3(19,20)5(23,24)7(27,28)9(31,32)11(35,36)13(39,40)41)2(17,18)4(21,22)6(25,26)8(29,30)10(33,34)12(37,38)14(42,43)47(44,45)46/h(H,44,45,46). The Labute approximate surface area is 515 Å². The molecule has 0 aromatic carbocycles. The van der Waals surface area contributed by atoms with Gasteiger partial charge in [-0.2, -0.15) is 8.42 Å². The van der Waals surface area contributed by atoms with E-state index in [1.807, 2.05) is 0 Å². The molecule has 0 saturated carbocycles. The zero-order valence-corrected chi connectivity index (χ0v) is 66.4. The molecule has 0 heterocycles. The molecule has 0 aliphatic carbocycles. The maximum Gasteiger partial charge on any atom is 0.293 e. The third kappa shape index (κ3) is 10.2. The predicted octanol–water partition coefficient (Wildman–Crippen LogP) is 21.0. The van der Waals surface area contributed by atoms with Crippen LogP contribution in [0.5, 0.6) is 0 Å². The lowest BCUT2D eigenvalue weighted by Gasteiger charge is -2.61. The zero-order chi connectivity index (χ0) is 39.5. The van der Waals surface area contributed by atoms with Crippen molar-refractivity contribution in [2.45, 2.75) is 43.5 Å². The molecule has 0 radical (unpaired) electrons. The first-order chi connectivity index (χ1) is 19.5. The first-order valence-corrected chi connectivity index (χ1v) is 33.9. The van der Waals surface area contributed by atoms with Crippen LogP contribution < -0.4 is 0 Å². The van der Waals surface area contributed by atoms with Crippen LogP contribution in [0, 0.1) is 0 Å². The molecule has 3 nitrogen and oxygen atoms in total. The first-order valence-electron chi connectivity index (χ1n) is 9.45. The molecule has 0 unspecified atom stereocenters. The highest BCUT2D eigenvalue weighted by Gasteiger charge is 2.83. The van der Waals surface area contributed by atoms with Gasteiger partial charge >= 0.3 is 0 Å². The highest BCUT2D eigenvalue weighted by Crippen LogP contribution is 2.82. The van der Waals surface area contributed by atoms with Gasteiger partial charge in [-0.05, 0) is 31.9 Å². The Kier molecular flexibility index (Phi) is 24.9. The lowest BCUT2D eigenvalue weighted by Crippen LogP contribution is -2.73. The number of hydrogen-bond acceptors (Lipinski definition) is 2. The molecule has 0 fully saturated rings. The van der Waals surface area contributed by atoms with E-state index in [4.69, 9.17) is 0 Å². The van der Waals surface area contributed by atoms with Crippen LogP contribution in [0.15, 0.2) is 0 Å². The summed E-state index contributed by atoms with van der Waals surface area (Å²) < 4.78 is 15.2. The molecule has 0 bridgehead atoms. The Morgan fingerprint density at radius 1 is 0.255 bits per heavy atom. The molecule has 0 saturated heterocycles. The summed E-state index contributed by atoms with van der Waals surface area (Å²) in [7, 11) is -4.82. The molecule has 33 heteroatoms. The molecule has 0 spiro atoms. The van der Waals surface area contributed by atoms with Crippen LogP contribution in [0.4, 0.5) is 0 Å². The van der Waals surface area contributed by atoms with E-state index in [0.29, 0.717) is 0 Å². The molecule has 47 heavy (non-hydrogen) atoms. The largest absolute Gasteiger partial charge is 0.293 e. The summed E-state index contributed by atoms with van der Waals surface area (Å²) >= 11 is 108. The molecule has 1 N–H and O–H groups in total. The van der Waals surface area contributed by atoms with Crippen LogP contribution in [-0.4, -0.2) is 56.5 Å². The van der Waals surface area contributed by atoms with E-state index in [9.17, 15) is 13.0 Å². The van der Waals surface area contributed by atoms with Gasteiger partial charge in [0.2, 0.25) is 2.57 Å². The average molecular weight is 2570 g/mol. The van der Waals surface area contributed by atoms with Gasteiger partial charge in [0.25, 0.3) is 10.1 Å². The Morgan fingerprint density at radius 2 is 0.383 bits per heavy atom. The Morgan fingerprint density at radius 3 is 0.511 bits per heavy atom. The third-order valence-corrected chi connectivity index (χ3v) is 69.6. The zero-order valence-electron chi connectivity index (χ0n) is 19.6. The van der Waals surface area contributed by atoms with Crippen molar-refractivity contribution in [3.05, 3.63) is 0 Å². The summed E-state index contributed by atoms with van der Waals surface area (Å²) in [6.45, 7) is 0. The minimum absolute atomic E-state index is 0.928. The molecule has 0 aromatic rings. The lowest BCUT2D eigenvalue weighted by molar-refractivity contribution is 0.470. The first kappa shape index (κ1) is 60.8.